The minimum absolute atomic E-state index is 0.108. The lowest BCUT2D eigenvalue weighted by atomic mass is 10.0. The molecule has 0 bridgehead atoms. The molecule has 1 fully saturated rings. The van der Waals surface area contributed by atoms with Gasteiger partial charge < -0.3 is 19.3 Å². The van der Waals surface area contributed by atoms with Crippen molar-refractivity contribution in [3.8, 4) is 0 Å². The van der Waals surface area contributed by atoms with Crippen LogP contribution in [-0.2, 0) is 4.74 Å². The zero-order chi connectivity index (χ0) is 13.3. The smallest absolute Gasteiger partial charge is 0.292 e. The van der Waals surface area contributed by atoms with Gasteiger partial charge >= 0.3 is 0 Å². The number of carbonyl (C=O) groups is 1. The van der Waals surface area contributed by atoms with Crippen molar-refractivity contribution < 1.29 is 19.2 Å². The average molecular weight is 254 g/mol. The van der Waals surface area contributed by atoms with Crippen LogP contribution in [0.1, 0.15) is 30.1 Å². The molecule has 1 aromatic rings. The maximum absolute atomic E-state index is 12.2. The van der Waals surface area contributed by atoms with Crippen LogP contribution >= 0.6 is 0 Å². The van der Waals surface area contributed by atoms with E-state index in [0.29, 0.717) is 18.8 Å². The fourth-order valence-electron chi connectivity index (χ4n) is 2.17. The predicted molar refractivity (Wildman–Crippen MR) is 63.2 cm³/mol. The van der Waals surface area contributed by atoms with E-state index in [9.17, 15) is 9.90 Å². The Morgan fingerprint density at radius 2 is 2.39 bits per heavy atom. The Balaban J connectivity index is 2.14. The Kier molecular flexibility index (Phi) is 3.41. The first-order valence-corrected chi connectivity index (χ1v) is 5.92. The van der Waals surface area contributed by atoms with Crippen molar-refractivity contribution in [2.45, 2.75) is 32.5 Å². The highest BCUT2D eigenvalue weighted by Crippen LogP contribution is 2.22. The predicted octanol–water partition coefficient (Wildman–Crippen LogP) is 0.595. The molecule has 0 aromatic carbocycles. The minimum atomic E-state index is -0.476. The van der Waals surface area contributed by atoms with E-state index in [-0.39, 0.29) is 24.4 Å². The minimum Gasteiger partial charge on any atom is -0.394 e. The second-order valence-electron chi connectivity index (χ2n) is 5.20. The van der Waals surface area contributed by atoms with Crippen molar-refractivity contribution in [2.24, 2.45) is 0 Å². The van der Waals surface area contributed by atoms with Crippen LogP contribution in [0.25, 0.3) is 0 Å². The van der Waals surface area contributed by atoms with Crippen molar-refractivity contribution in [2.75, 3.05) is 19.7 Å². The number of hydrogen-bond donors (Lipinski definition) is 1. The first-order chi connectivity index (χ1) is 8.41. The summed E-state index contributed by atoms with van der Waals surface area (Å²) in [6.45, 7) is 6.25. The van der Waals surface area contributed by atoms with E-state index in [0.717, 1.165) is 0 Å². The second-order valence-corrected chi connectivity index (χ2v) is 5.20. The molecule has 1 aromatic heterocycles. The Morgan fingerprint density at radius 3 is 2.94 bits per heavy atom. The topological polar surface area (TPSA) is 75.8 Å². The van der Waals surface area contributed by atoms with E-state index in [1.807, 2.05) is 13.8 Å². The summed E-state index contributed by atoms with van der Waals surface area (Å²) in [5, 5.41) is 12.9. The average Bonchev–Trinajstić information content (AvgIpc) is 2.72. The maximum atomic E-state index is 12.2. The van der Waals surface area contributed by atoms with Crippen LogP contribution in [0.4, 0.5) is 0 Å². The van der Waals surface area contributed by atoms with Gasteiger partial charge in [0.1, 0.15) is 0 Å². The number of aromatic nitrogens is 1. The molecule has 0 radical (unpaired) electrons. The number of morpholine rings is 1. The first-order valence-electron chi connectivity index (χ1n) is 5.92. The molecule has 1 unspecified atom stereocenters. The van der Waals surface area contributed by atoms with Gasteiger partial charge in [0.15, 0.2) is 0 Å². The third-order valence-corrected chi connectivity index (χ3v) is 2.81. The van der Waals surface area contributed by atoms with Gasteiger partial charge in [-0.25, -0.2) is 0 Å². The Labute approximate surface area is 106 Å². The number of aliphatic hydroxyl groups excluding tert-OH is 1. The normalized spacial score (nSPS) is 23.1. The number of nitrogens with zero attached hydrogens (tertiary/aromatic N) is 2. The summed E-state index contributed by atoms with van der Waals surface area (Å²) < 4.78 is 10.6. The summed E-state index contributed by atoms with van der Waals surface area (Å²) in [5.74, 6) is 0.00677. The molecule has 1 saturated heterocycles. The van der Waals surface area contributed by atoms with Gasteiger partial charge in [0, 0.05) is 19.2 Å². The number of aliphatic hydroxyl groups is 1. The maximum Gasteiger partial charge on any atom is 0.292 e. The Hall–Kier alpha value is -1.40. The number of carbonyl (C=O) groups excluding carboxylic acids is 1. The molecule has 1 aliphatic heterocycles. The molecule has 2 heterocycles. The molecular formula is C12H18N2O4. The van der Waals surface area contributed by atoms with E-state index in [1.165, 1.54) is 0 Å². The van der Waals surface area contributed by atoms with Gasteiger partial charge in [-0.2, -0.15) is 0 Å². The molecule has 6 heteroatoms. The zero-order valence-corrected chi connectivity index (χ0v) is 10.8. The van der Waals surface area contributed by atoms with Gasteiger partial charge in [-0.05, 0) is 20.8 Å². The molecule has 18 heavy (non-hydrogen) atoms. The quantitative estimate of drug-likeness (QED) is 0.836. The largest absolute Gasteiger partial charge is 0.394 e. The molecule has 1 N–H and O–H groups in total. The molecule has 1 aliphatic rings. The van der Waals surface area contributed by atoms with Crippen molar-refractivity contribution in [1.29, 1.82) is 0 Å². The molecule has 0 aliphatic carbocycles. The van der Waals surface area contributed by atoms with Gasteiger partial charge in [0.05, 0.1) is 24.0 Å². The number of aryl methyl sites for hydroxylation is 1. The molecule has 1 amide bonds. The number of hydrogen-bond acceptors (Lipinski definition) is 5. The van der Waals surface area contributed by atoms with Crippen molar-refractivity contribution >= 4 is 5.91 Å². The molecule has 2 rings (SSSR count). The molecule has 0 saturated carbocycles. The first kappa shape index (κ1) is 13.0. The highest BCUT2D eigenvalue weighted by Gasteiger charge is 2.36. The molecular weight excluding hydrogens is 236 g/mol. The van der Waals surface area contributed by atoms with Crippen molar-refractivity contribution in [3.05, 3.63) is 17.5 Å². The van der Waals surface area contributed by atoms with E-state index >= 15 is 0 Å². The molecule has 1 atom stereocenters. The molecule has 100 valence electrons. The molecule has 6 nitrogen and oxygen atoms in total. The fourth-order valence-corrected chi connectivity index (χ4v) is 2.17. The van der Waals surface area contributed by atoms with Crippen LogP contribution in [-0.4, -0.2) is 52.5 Å². The Bertz CT molecular complexity index is 441. The third kappa shape index (κ3) is 2.70. The lowest BCUT2D eigenvalue weighted by molar-refractivity contribution is -0.139. The SMILES string of the molecule is Cc1cc(C(=O)N2CC(CO)OC(C)(C)C2)on1. The number of rotatable bonds is 2. The fraction of sp³-hybridized carbons (Fsp3) is 0.667. The van der Waals surface area contributed by atoms with E-state index < -0.39 is 5.60 Å². The van der Waals surface area contributed by atoms with Crippen LogP contribution in [0.15, 0.2) is 10.6 Å². The van der Waals surface area contributed by atoms with Crippen LogP contribution in [0.2, 0.25) is 0 Å². The Morgan fingerprint density at radius 1 is 1.67 bits per heavy atom. The summed E-state index contributed by atoms with van der Waals surface area (Å²) in [6.07, 6.45) is -0.360. The zero-order valence-electron chi connectivity index (χ0n) is 10.8. The number of amides is 1. The van der Waals surface area contributed by atoms with Crippen LogP contribution in [0.5, 0.6) is 0 Å². The third-order valence-electron chi connectivity index (χ3n) is 2.81. The lowest BCUT2D eigenvalue weighted by Crippen LogP contribution is -2.55. The van der Waals surface area contributed by atoms with E-state index in [1.54, 1.807) is 17.9 Å². The molecule has 0 spiro atoms. The van der Waals surface area contributed by atoms with Gasteiger partial charge in [0.2, 0.25) is 5.76 Å². The second kappa shape index (κ2) is 4.70. The summed E-state index contributed by atoms with van der Waals surface area (Å²) >= 11 is 0. The van der Waals surface area contributed by atoms with Gasteiger partial charge in [-0.15, -0.1) is 0 Å². The highest BCUT2D eigenvalue weighted by molar-refractivity contribution is 5.91. The van der Waals surface area contributed by atoms with Crippen LogP contribution in [0, 0.1) is 6.92 Å². The van der Waals surface area contributed by atoms with Crippen LogP contribution in [0.3, 0.4) is 0 Å². The summed E-state index contributed by atoms with van der Waals surface area (Å²) in [6, 6.07) is 1.61. The van der Waals surface area contributed by atoms with Gasteiger partial charge in [0.25, 0.3) is 5.91 Å². The van der Waals surface area contributed by atoms with Gasteiger partial charge in [-0.3, -0.25) is 4.79 Å². The lowest BCUT2D eigenvalue weighted by Gasteiger charge is -2.41. The van der Waals surface area contributed by atoms with Crippen LogP contribution < -0.4 is 0 Å². The monoisotopic (exact) mass is 254 g/mol. The highest BCUT2D eigenvalue weighted by atomic mass is 16.5. The van der Waals surface area contributed by atoms with Gasteiger partial charge in [-0.1, -0.05) is 5.16 Å². The summed E-state index contributed by atoms with van der Waals surface area (Å²) in [7, 11) is 0. The van der Waals surface area contributed by atoms with Crippen molar-refractivity contribution in [3.63, 3.8) is 0 Å². The summed E-state index contributed by atoms with van der Waals surface area (Å²) in [4.78, 5) is 13.8. The van der Waals surface area contributed by atoms with Crippen molar-refractivity contribution in [1.82, 2.24) is 10.1 Å². The number of ether oxygens (including phenoxy) is 1. The van der Waals surface area contributed by atoms with E-state index in [2.05, 4.69) is 5.16 Å². The summed E-state index contributed by atoms with van der Waals surface area (Å²) in [5.41, 5.74) is 0.195. The standard InChI is InChI=1S/C12H18N2O4/c1-8-4-10(18-13-8)11(16)14-5-9(6-15)17-12(2,3)7-14/h4,9,15H,5-7H2,1-3H3. The van der Waals surface area contributed by atoms with E-state index in [4.69, 9.17) is 9.26 Å².